The van der Waals surface area contributed by atoms with Crippen LogP contribution < -0.4 is 4.90 Å². The first-order valence-corrected chi connectivity index (χ1v) is 4.81. The van der Waals surface area contributed by atoms with Gasteiger partial charge in [-0.25, -0.2) is 0 Å². The molecule has 2 rings (SSSR count). The summed E-state index contributed by atoms with van der Waals surface area (Å²) in [5, 5.41) is 2.03. The molecule has 0 unspecified atom stereocenters. The van der Waals surface area contributed by atoms with E-state index < -0.39 is 0 Å². The summed E-state index contributed by atoms with van der Waals surface area (Å²) in [7, 11) is 3.84. The molecule has 0 aliphatic heterocycles. The first kappa shape index (κ1) is 9.71. The van der Waals surface area contributed by atoms with Crippen molar-refractivity contribution in [3.05, 3.63) is 42.0 Å². The third-order valence-electron chi connectivity index (χ3n) is 2.49. The Kier molecular flexibility index (Phi) is 2.42. The summed E-state index contributed by atoms with van der Waals surface area (Å²) in [6, 6.07) is 11.8. The molecule has 0 bridgehead atoms. The van der Waals surface area contributed by atoms with Gasteiger partial charge in [0, 0.05) is 19.8 Å². The molecule has 2 aromatic rings. The predicted octanol–water partition coefficient (Wildman–Crippen LogP) is 2.36. The van der Waals surface area contributed by atoms with Crippen LogP contribution in [0, 0.1) is 0 Å². The van der Waals surface area contributed by atoms with Crippen molar-refractivity contribution in [2.75, 3.05) is 19.0 Å². The molecule has 15 heavy (non-hydrogen) atoms. The third-order valence-corrected chi connectivity index (χ3v) is 2.49. The number of hydrogen-bond acceptors (Lipinski definition) is 2. The van der Waals surface area contributed by atoms with E-state index in [9.17, 15) is 4.79 Å². The molecule has 0 fully saturated rings. The van der Waals surface area contributed by atoms with Gasteiger partial charge in [0.15, 0.2) is 0 Å². The van der Waals surface area contributed by atoms with Crippen molar-refractivity contribution in [2.24, 2.45) is 0 Å². The standard InChI is InChI=1S/C13H12NO/c1-14(2)13-8-7-10-5-3-4-6-11(10)12(13)9-15/h3-8H,1-2H3. The van der Waals surface area contributed by atoms with Crippen molar-refractivity contribution in [3.63, 3.8) is 0 Å². The molecule has 0 saturated heterocycles. The molecule has 0 atom stereocenters. The van der Waals surface area contributed by atoms with Gasteiger partial charge in [-0.15, -0.1) is 0 Å². The molecule has 0 N–H and O–H groups in total. The molecule has 0 heterocycles. The van der Waals surface area contributed by atoms with Crippen LogP contribution in [0.15, 0.2) is 36.4 Å². The van der Waals surface area contributed by atoms with E-state index in [4.69, 9.17) is 0 Å². The molecule has 0 aliphatic rings. The fraction of sp³-hybridized carbons (Fsp3) is 0.154. The highest BCUT2D eigenvalue weighted by Gasteiger charge is 2.08. The van der Waals surface area contributed by atoms with Gasteiger partial charge in [0.05, 0.1) is 5.56 Å². The van der Waals surface area contributed by atoms with E-state index in [2.05, 4.69) is 0 Å². The van der Waals surface area contributed by atoms with E-state index in [1.54, 1.807) is 0 Å². The van der Waals surface area contributed by atoms with Crippen LogP contribution in [0.5, 0.6) is 0 Å². The van der Waals surface area contributed by atoms with Crippen molar-refractivity contribution in [2.45, 2.75) is 0 Å². The molecular formula is C13H12NO. The van der Waals surface area contributed by atoms with Crippen molar-refractivity contribution in [3.8, 4) is 0 Å². The minimum Gasteiger partial charge on any atom is -0.377 e. The van der Waals surface area contributed by atoms with Crippen molar-refractivity contribution < 1.29 is 4.79 Å². The van der Waals surface area contributed by atoms with E-state index in [1.807, 2.05) is 61.7 Å². The monoisotopic (exact) mass is 198 g/mol. The lowest BCUT2D eigenvalue weighted by atomic mass is 10.0. The van der Waals surface area contributed by atoms with Crippen LogP contribution in [0.25, 0.3) is 10.8 Å². The number of fused-ring (bicyclic) bond motifs is 1. The first-order chi connectivity index (χ1) is 7.24. The summed E-state index contributed by atoms with van der Waals surface area (Å²) in [6.45, 7) is 0. The molecule has 2 nitrogen and oxygen atoms in total. The van der Waals surface area contributed by atoms with Crippen molar-refractivity contribution >= 4 is 22.7 Å². The molecular weight excluding hydrogens is 186 g/mol. The Labute approximate surface area is 89.1 Å². The molecule has 2 heteroatoms. The maximum absolute atomic E-state index is 11.0. The molecule has 2 aromatic carbocycles. The number of rotatable bonds is 2. The van der Waals surface area contributed by atoms with Crippen LogP contribution >= 0.6 is 0 Å². The lowest BCUT2D eigenvalue weighted by Crippen LogP contribution is -2.11. The Morgan fingerprint density at radius 2 is 1.80 bits per heavy atom. The minimum absolute atomic E-state index is 0.637. The van der Waals surface area contributed by atoms with Gasteiger partial charge in [-0.3, -0.25) is 4.79 Å². The zero-order chi connectivity index (χ0) is 10.8. The summed E-state index contributed by atoms with van der Waals surface area (Å²) in [6.07, 6.45) is 2.03. The normalized spacial score (nSPS) is 10.3. The Hall–Kier alpha value is -1.83. The average molecular weight is 198 g/mol. The quantitative estimate of drug-likeness (QED) is 0.738. The van der Waals surface area contributed by atoms with Crippen LogP contribution in [0.4, 0.5) is 5.69 Å². The van der Waals surface area contributed by atoms with E-state index in [0.29, 0.717) is 5.56 Å². The number of hydrogen-bond donors (Lipinski definition) is 0. The zero-order valence-corrected chi connectivity index (χ0v) is 8.82. The number of nitrogens with zero attached hydrogens (tertiary/aromatic N) is 1. The van der Waals surface area contributed by atoms with Crippen LogP contribution in [0.1, 0.15) is 5.56 Å². The maximum Gasteiger partial charge on any atom is 0.236 e. The fourth-order valence-electron chi connectivity index (χ4n) is 1.74. The summed E-state index contributed by atoms with van der Waals surface area (Å²) >= 11 is 0. The summed E-state index contributed by atoms with van der Waals surface area (Å²) in [5.74, 6) is 0. The summed E-state index contributed by atoms with van der Waals surface area (Å²) in [5.41, 5.74) is 1.54. The Morgan fingerprint density at radius 3 is 2.47 bits per heavy atom. The molecule has 0 saturated carbocycles. The topological polar surface area (TPSA) is 20.3 Å². The SMILES string of the molecule is CN(C)c1ccc2ccccc2c1[C]=O. The Morgan fingerprint density at radius 1 is 1.07 bits per heavy atom. The largest absolute Gasteiger partial charge is 0.377 e. The second-order valence-electron chi connectivity index (χ2n) is 3.68. The summed E-state index contributed by atoms with van der Waals surface area (Å²) < 4.78 is 0. The molecule has 0 aliphatic carbocycles. The molecule has 0 amide bonds. The smallest absolute Gasteiger partial charge is 0.236 e. The Bertz CT molecular complexity index is 503. The average Bonchev–Trinajstić information content (AvgIpc) is 2.27. The van der Waals surface area contributed by atoms with Crippen molar-refractivity contribution in [1.82, 2.24) is 0 Å². The van der Waals surface area contributed by atoms with Gasteiger partial charge >= 0.3 is 0 Å². The molecule has 1 radical (unpaired) electrons. The highest BCUT2D eigenvalue weighted by Crippen LogP contribution is 2.26. The van der Waals surface area contributed by atoms with E-state index >= 15 is 0 Å². The van der Waals surface area contributed by atoms with Gasteiger partial charge in [-0.2, -0.15) is 0 Å². The molecule has 0 spiro atoms. The van der Waals surface area contributed by atoms with Crippen LogP contribution in [-0.4, -0.2) is 20.4 Å². The van der Waals surface area contributed by atoms with E-state index in [0.717, 1.165) is 16.5 Å². The first-order valence-electron chi connectivity index (χ1n) is 4.81. The fourth-order valence-corrected chi connectivity index (χ4v) is 1.74. The molecule has 75 valence electrons. The Balaban J connectivity index is 2.81. The van der Waals surface area contributed by atoms with Gasteiger partial charge in [-0.05, 0) is 16.8 Å². The van der Waals surface area contributed by atoms with Crippen LogP contribution in [-0.2, 0) is 4.79 Å². The number of carbonyl (C=O) groups excluding carboxylic acids is 1. The summed E-state index contributed by atoms with van der Waals surface area (Å²) in [4.78, 5) is 12.9. The highest BCUT2D eigenvalue weighted by atomic mass is 16.1. The van der Waals surface area contributed by atoms with Gasteiger partial charge < -0.3 is 4.90 Å². The number of anilines is 1. The highest BCUT2D eigenvalue weighted by molar-refractivity contribution is 6.03. The molecule has 0 aromatic heterocycles. The lowest BCUT2D eigenvalue weighted by Gasteiger charge is -2.15. The van der Waals surface area contributed by atoms with Gasteiger partial charge in [0.2, 0.25) is 6.29 Å². The maximum atomic E-state index is 11.0. The van der Waals surface area contributed by atoms with Crippen molar-refractivity contribution in [1.29, 1.82) is 0 Å². The van der Waals surface area contributed by atoms with E-state index in [-0.39, 0.29) is 0 Å². The zero-order valence-electron chi connectivity index (χ0n) is 8.82. The van der Waals surface area contributed by atoms with Gasteiger partial charge in [-0.1, -0.05) is 30.3 Å². The van der Waals surface area contributed by atoms with Crippen LogP contribution in [0.2, 0.25) is 0 Å². The second kappa shape index (κ2) is 3.73. The van der Waals surface area contributed by atoms with Gasteiger partial charge in [0.25, 0.3) is 0 Å². The third kappa shape index (κ3) is 1.59. The van der Waals surface area contributed by atoms with Crippen LogP contribution in [0.3, 0.4) is 0 Å². The predicted molar refractivity (Wildman–Crippen MR) is 63.1 cm³/mol. The second-order valence-corrected chi connectivity index (χ2v) is 3.68. The van der Waals surface area contributed by atoms with E-state index in [1.165, 1.54) is 0 Å². The number of benzene rings is 2. The van der Waals surface area contributed by atoms with Gasteiger partial charge in [0.1, 0.15) is 0 Å². The minimum atomic E-state index is 0.637. The lowest BCUT2D eigenvalue weighted by molar-refractivity contribution is 0.563.